The number of ether oxygens (including phenoxy) is 2. The standard InChI is InChI=1S/C29H36FNO3/c1-21-14-22(2)16-24(15-21)29(8-12-33-13-9-29)27(32)31-10-6-28(7-11-31)19-26(34-20-28)18-23-4-3-5-25(30)17-23/h3-5,14-17,26H,6-13,18-20H2,1-2H3. The summed E-state index contributed by atoms with van der Waals surface area (Å²) >= 11 is 0. The topological polar surface area (TPSA) is 38.8 Å². The third-order valence-corrected chi connectivity index (χ3v) is 8.28. The van der Waals surface area contributed by atoms with E-state index in [2.05, 4.69) is 36.9 Å². The van der Waals surface area contributed by atoms with Crippen LogP contribution in [0.3, 0.4) is 0 Å². The van der Waals surface area contributed by atoms with Crippen molar-refractivity contribution in [2.45, 2.75) is 63.9 Å². The summed E-state index contributed by atoms with van der Waals surface area (Å²) in [4.78, 5) is 16.1. The number of hydrogen-bond acceptors (Lipinski definition) is 3. The Bertz CT molecular complexity index is 1020. The van der Waals surface area contributed by atoms with Crippen LogP contribution in [0.4, 0.5) is 4.39 Å². The van der Waals surface area contributed by atoms with Gasteiger partial charge < -0.3 is 14.4 Å². The third kappa shape index (κ3) is 4.65. The number of nitrogens with zero attached hydrogens (tertiary/aromatic N) is 1. The predicted molar refractivity (Wildman–Crippen MR) is 130 cm³/mol. The van der Waals surface area contributed by atoms with Crippen LogP contribution in [0.5, 0.6) is 0 Å². The van der Waals surface area contributed by atoms with E-state index in [0.29, 0.717) is 13.2 Å². The van der Waals surface area contributed by atoms with Gasteiger partial charge in [-0.05, 0) is 81.0 Å². The second kappa shape index (κ2) is 9.43. The number of halogens is 1. The maximum absolute atomic E-state index is 14.0. The van der Waals surface area contributed by atoms with Crippen molar-refractivity contribution in [3.05, 3.63) is 70.5 Å². The van der Waals surface area contributed by atoms with Gasteiger partial charge in [0.25, 0.3) is 0 Å². The zero-order valence-electron chi connectivity index (χ0n) is 20.4. The van der Waals surface area contributed by atoms with Crippen LogP contribution in [-0.2, 0) is 26.1 Å². The largest absolute Gasteiger partial charge is 0.381 e. The fraction of sp³-hybridized carbons (Fsp3) is 0.552. The molecular formula is C29H36FNO3. The van der Waals surface area contributed by atoms with Crippen LogP contribution in [0.25, 0.3) is 0 Å². The molecule has 2 aromatic carbocycles. The molecule has 3 aliphatic rings. The Hall–Kier alpha value is -2.24. The van der Waals surface area contributed by atoms with Gasteiger partial charge in [0, 0.05) is 26.3 Å². The molecule has 182 valence electrons. The molecule has 1 unspecified atom stereocenters. The SMILES string of the molecule is Cc1cc(C)cc(C2(C(=O)N3CCC4(CC3)COC(Cc3cccc(F)c3)C4)CCOCC2)c1. The Labute approximate surface area is 202 Å². The predicted octanol–water partition coefficient (Wildman–Crippen LogP) is 5.13. The highest BCUT2D eigenvalue weighted by molar-refractivity contribution is 5.88. The highest BCUT2D eigenvalue weighted by atomic mass is 19.1. The van der Waals surface area contributed by atoms with E-state index >= 15 is 0 Å². The summed E-state index contributed by atoms with van der Waals surface area (Å²) in [6.45, 7) is 7.78. The minimum atomic E-state index is -0.481. The summed E-state index contributed by atoms with van der Waals surface area (Å²) in [7, 11) is 0. The second-order valence-electron chi connectivity index (χ2n) is 10.8. The first-order valence-corrected chi connectivity index (χ1v) is 12.7. The third-order valence-electron chi connectivity index (χ3n) is 8.28. The van der Waals surface area contributed by atoms with E-state index in [0.717, 1.165) is 69.3 Å². The average Bonchev–Trinajstić information content (AvgIpc) is 3.20. The van der Waals surface area contributed by atoms with E-state index in [-0.39, 0.29) is 23.2 Å². The molecule has 0 aliphatic carbocycles. The summed E-state index contributed by atoms with van der Waals surface area (Å²) < 4.78 is 25.4. The Morgan fingerprint density at radius 2 is 1.74 bits per heavy atom. The fourth-order valence-corrected chi connectivity index (χ4v) is 6.39. The van der Waals surface area contributed by atoms with Crippen molar-refractivity contribution in [2.24, 2.45) is 5.41 Å². The first kappa shape index (κ1) is 23.5. The Kier molecular flexibility index (Phi) is 6.51. The molecule has 0 N–H and O–H groups in total. The molecule has 0 radical (unpaired) electrons. The van der Waals surface area contributed by atoms with Crippen molar-refractivity contribution >= 4 is 5.91 Å². The number of benzene rings is 2. The molecule has 3 aliphatic heterocycles. The molecule has 34 heavy (non-hydrogen) atoms. The first-order valence-electron chi connectivity index (χ1n) is 12.7. The molecule has 1 atom stereocenters. The van der Waals surface area contributed by atoms with Gasteiger partial charge in [0.15, 0.2) is 0 Å². The van der Waals surface area contributed by atoms with Crippen molar-refractivity contribution in [3.63, 3.8) is 0 Å². The normalized spacial score (nSPS) is 23.9. The number of aryl methyl sites for hydroxylation is 2. The van der Waals surface area contributed by atoms with Gasteiger partial charge in [0.05, 0.1) is 18.1 Å². The van der Waals surface area contributed by atoms with Crippen LogP contribution >= 0.6 is 0 Å². The summed E-state index contributed by atoms with van der Waals surface area (Å²) in [5.74, 6) is 0.0775. The lowest BCUT2D eigenvalue weighted by Gasteiger charge is -2.44. The summed E-state index contributed by atoms with van der Waals surface area (Å²) in [5, 5.41) is 0. The van der Waals surface area contributed by atoms with E-state index in [1.807, 2.05) is 6.07 Å². The van der Waals surface area contributed by atoms with Crippen LogP contribution in [0.15, 0.2) is 42.5 Å². The molecule has 2 aromatic rings. The van der Waals surface area contributed by atoms with Crippen LogP contribution < -0.4 is 0 Å². The van der Waals surface area contributed by atoms with Crippen LogP contribution in [0.2, 0.25) is 0 Å². The van der Waals surface area contributed by atoms with Crippen molar-refractivity contribution in [1.29, 1.82) is 0 Å². The molecule has 3 fully saturated rings. The molecule has 1 amide bonds. The van der Waals surface area contributed by atoms with E-state index in [9.17, 15) is 9.18 Å². The van der Waals surface area contributed by atoms with Crippen LogP contribution in [0.1, 0.15) is 54.4 Å². The number of likely N-dealkylation sites (tertiary alicyclic amines) is 1. The fourth-order valence-electron chi connectivity index (χ4n) is 6.39. The van der Waals surface area contributed by atoms with Crippen molar-refractivity contribution in [1.82, 2.24) is 4.90 Å². The van der Waals surface area contributed by atoms with Gasteiger partial charge in [-0.2, -0.15) is 0 Å². The Balaban J connectivity index is 1.26. The highest BCUT2D eigenvalue weighted by Gasteiger charge is 2.48. The lowest BCUT2D eigenvalue weighted by molar-refractivity contribution is -0.143. The van der Waals surface area contributed by atoms with Gasteiger partial charge in [0.1, 0.15) is 5.82 Å². The molecule has 5 heteroatoms. The van der Waals surface area contributed by atoms with Gasteiger partial charge in [-0.25, -0.2) is 4.39 Å². The number of carbonyl (C=O) groups excluding carboxylic acids is 1. The van der Waals surface area contributed by atoms with Gasteiger partial charge in [-0.15, -0.1) is 0 Å². The maximum Gasteiger partial charge on any atom is 0.233 e. The molecule has 5 rings (SSSR count). The van der Waals surface area contributed by atoms with Crippen molar-refractivity contribution in [3.8, 4) is 0 Å². The summed E-state index contributed by atoms with van der Waals surface area (Å²) in [6.07, 6.45) is 5.29. The number of piperidine rings is 1. The van der Waals surface area contributed by atoms with Crippen molar-refractivity contribution in [2.75, 3.05) is 32.9 Å². The molecule has 3 heterocycles. The van der Waals surface area contributed by atoms with E-state index in [1.165, 1.54) is 17.2 Å². The smallest absolute Gasteiger partial charge is 0.233 e. The van der Waals surface area contributed by atoms with Gasteiger partial charge in [-0.1, -0.05) is 41.5 Å². The quantitative estimate of drug-likeness (QED) is 0.628. The second-order valence-corrected chi connectivity index (χ2v) is 10.8. The minimum Gasteiger partial charge on any atom is -0.381 e. The van der Waals surface area contributed by atoms with Gasteiger partial charge in [0.2, 0.25) is 5.91 Å². The Morgan fingerprint density at radius 1 is 1.03 bits per heavy atom. The molecule has 0 saturated carbocycles. The maximum atomic E-state index is 14.0. The van der Waals surface area contributed by atoms with Crippen LogP contribution in [-0.4, -0.2) is 49.8 Å². The molecule has 0 bridgehead atoms. The van der Waals surface area contributed by atoms with Crippen LogP contribution in [0, 0.1) is 25.1 Å². The molecule has 4 nitrogen and oxygen atoms in total. The zero-order chi connectivity index (χ0) is 23.8. The number of carbonyl (C=O) groups is 1. The number of rotatable bonds is 4. The van der Waals surface area contributed by atoms with Crippen molar-refractivity contribution < 1.29 is 18.7 Å². The van der Waals surface area contributed by atoms with Gasteiger partial charge >= 0.3 is 0 Å². The average molecular weight is 466 g/mol. The molecule has 0 aromatic heterocycles. The Morgan fingerprint density at radius 3 is 2.41 bits per heavy atom. The lowest BCUT2D eigenvalue weighted by Crippen LogP contribution is -2.53. The zero-order valence-corrected chi connectivity index (χ0v) is 20.4. The van der Waals surface area contributed by atoms with Gasteiger partial charge in [-0.3, -0.25) is 4.79 Å². The molecule has 3 saturated heterocycles. The highest BCUT2D eigenvalue weighted by Crippen LogP contribution is 2.45. The minimum absolute atomic E-state index is 0.126. The summed E-state index contributed by atoms with van der Waals surface area (Å²) in [6, 6.07) is 13.4. The first-order chi connectivity index (χ1) is 16.4. The molecular weight excluding hydrogens is 429 g/mol. The molecule has 1 spiro atoms. The lowest BCUT2D eigenvalue weighted by atomic mass is 9.71. The van der Waals surface area contributed by atoms with E-state index in [4.69, 9.17) is 9.47 Å². The van der Waals surface area contributed by atoms with E-state index < -0.39 is 5.41 Å². The number of amides is 1. The van der Waals surface area contributed by atoms with E-state index in [1.54, 1.807) is 12.1 Å². The monoisotopic (exact) mass is 465 g/mol. The summed E-state index contributed by atoms with van der Waals surface area (Å²) in [5.41, 5.74) is 4.21. The number of hydrogen-bond donors (Lipinski definition) is 0.